The molecule has 0 atom stereocenters. The Kier molecular flexibility index (Phi) is 7.57. The van der Waals surface area contributed by atoms with E-state index in [2.05, 4.69) is 118 Å². The van der Waals surface area contributed by atoms with E-state index >= 15 is 0 Å². The second kappa shape index (κ2) is 8.99. The molecule has 0 saturated heterocycles. The summed E-state index contributed by atoms with van der Waals surface area (Å²) in [5.41, 5.74) is 8.43. The van der Waals surface area contributed by atoms with Crippen molar-refractivity contribution < 1.29 is 4.12 Å². The minimum Gasteiger partial charge on any atom is -0.455 e. The molecule has 0 heterocycles. The summed E-state index contributed by atoms with van der Waals surface area (Å²) in [5.74, 6) is 0. The number of aryl methyl sites for hydroxylation is 4. The van der Waals surface area contributed by atoms with Gasteiger partial charge in [0.2, 0.25) is 0 Å². The van der Waals surface area contributed by atoms with Gasteiger partial charge in [0.15, 0.2) is 16.6 Å². The number of benzene rings is 2. The van der Waals surface area contributed by atoms with E-state index < -0.39 is 16.6 Å². The van der Waals surface area contributed by atoms with Crippen LogP contribution in [0.25, 0.3) is 0 Å². The van der Waals surface area contributed by atoms with E-state index in [1.165, 1.54) is 33.4 Å². The van der Waals surface area contributed by atoms with Crippen LogP contribution in [0, 0.1) is 27.7 Å². The van der Waals surface area contributed by atoms with Crippen LogP contribution in [0.15, 0.2) is 36.4 Å². The second-order valence-corrected chi connectivity index (χ2v) is 21.7. The van der Waals surface area contributed by atoms with E-state index in [0.29, 0.717) is 0 Å². The monoisotopic (exact) mass is 454 g/mol. The van der Waals surface area contributed by atoms with Crippen molar-refractivity contribution in [2.24, 2.45) is 0 Å². The van der Waals surface area contributed by atoms with E-state index in [9.17, 15) is 0 Å². The minimum atomic E-state index is -1.97. The molecule has 172 valence electrons. The Morgan fingerprint density at radius 2 is 0.935 bits per heavy atom. The Hall–Kier alpha value is -1.17. The molecule has 0 spiro atoms. The van der Waals surface area contributed by atoms with E-state index in [1.54, 1.807) is 0 Å². The SMILES string of the molecule is Cc1ccc(CC(C)(C)[Si](C)(C)O[Si](C)(C)C(C)(C)Cc2ccc(C)cc2C)c(C)c1. The van der Waals surface area contributed by atoms with Gasteiger partial charge in [0.25, 0.3) is 0 Å². The van der Waals surface area contributed by atoms with Gasteiger partial charge in [-0.15, -0.1) is 0 Å². The third-order valence-corrected chi connectivity index (χ3v) is 19.0. The van der Waals surface area contributed by atoms with Gasteiger partial charge in [0.05, 0.1) is 0 Å². The molecule has 0 aliphatic rings. The lowest BCUT2D eigenvalue weighted by Gasteiger charge is -2.50. The summed E-state index contributed by atoms with van der Waals surface area (Å²) >= 11 is 0. The number of hydrogen-bond donors (Lipinski definition) is 0. The Labute approximate surface area is 194 Å². The Morgan fingerprint density at radius 3 is 1.23 bits per heavy atom. The van der Waals surface area contributed by atoms with Crippen molar-refractivity contribution in [3.63, 3.8) is 0 Å². The topological polar surface area (TPSA) is 9.23 Å². The highest BCUT2D eigenvalue weighted by atomic mass is 28.4. The zero-order chi connectivity index (χ0) is 23.8. The van der Waals surface area contributed by atoms with Crippen LogP contribution in [0.3, 0.4) is 0 Å². The molecule has 3 heteroatoms. The molecule has 0 N–H and O–H groups in total. The first-order valence-corrected chi connectivity index (χ1v) is 17.6. The Balaban J connectivity index is 2.25. The van der Waals surface area contributed by atoms with Gasteiger partial charge in [-0.1, -0.05) is 75.2 Å². The summed E-state index contributed by atoms with van der Waals surface area (Å²) in [5, 5.41) is 0.320. The first kappa shape index (κ1) is 26.1. The third-order valence-electron chi connectivity index (χ3n) is 8.03. The zero-order valence-electron chi connectivity index (χ0n) is 22.3. The van der Waals surface area contributed by atoms with Crippen LogP contribution in [0.4, 0.5) is 0 Å². The van der Waals surface area contributed by atoms with Gasteiger partial charge in [-0.05, 0) is 99.1 Å². The highest BCUT2D eigenvalue weighted by Crippen LogP contribution is 2.48. The third kappa shape index (κ3) is 6.00. The van der Waals surface area contributed by atoms with Gasteiger partial charge >= 0.3 is 0 Å². The van der Waals surface area contributed by atoms with Crippen molar-refractivity contribution >= 4 is 16.6 Å². The van der Waals surface area contributed by atoms with Crippen LogP contribution < -0.4 is 0 Å². The number of hydrogen-bond acceptors (Lipinski definition) is 1. The molecule has 0 aromatic heterocycles. The molecular formula is C28H46OSi2. The molecule has 2 rings (SSSR count). The zero-order valence-corrected chi connectivity index (χ0v) is 24.3. The molecule has 0 fully saturated rings. The molecule has 1 nitrogen and oxygen atoms in total. The first-order valence-electron chi connectivity index (χ1n) is 11.8. The molecule has 2 aromatic rings. The van der Waals surface area contributed by atoms with Crippen LogP contribution in [0.1, 0.15) is 61.1 Å². The van der Waals surface area contributed by atoms with Gasteiger partial charge in [0.1, 0.15) is 0 Å². The molecule has 31 heavy (non-hydrogen) atoms. The lowest BCUT2D eigenvalue weighted by molar-refractivity contribution is 0.426. The number of rotatable bonds is 8. The quantitative estimate of drug-likeness (QED) is 0.362. The van der Waals surface area contributed by atoms with Crippen LogP contribution in [-0.4, -0.2) is 16.6 Å². The second-order valence-electron chi connectivity index (χ2n) is 12.1. The van der Waals surface area contributed by atoms with Crippen LogP contribution in [0.5, 0.6) is 0 Å². The van der Waals surface area contributed by atoms with Crippen molar-refractivity contribution in [3.05, 3.63) is 69.8 Å². The maximum absolute atomic E-state index is 7.30. The van der Waals surface area contributed by atoms with Gasteiger partial charge < -0.3 is 4.12 Å². The van der Waals surface area contributed by atoms with Crippen molar-refractivity contribution in [3.8, 4) is 0 Å². The highest BCUT2D eigenvalue weighted by molar-refractivity contribution is 6.87. The normalized spacial score (nSPS) is 13.5. The van der Waals surface area contributed by atoms with E-state index in [-0.39, 0.29) is 10.1 Å². The predicted molar refractivity (Wildman–Crippen MR) is 143 cm³/mol. The summed E-state index contributed by atoms with van der Waals surface area (Å²) in [6.45, 7) is 28.3. The first-order chi connectivity index (χ1) is 14.0. The highest BCUT2D eigenvalue weighted by Gasteiger charge is 2.50. The van der Waals surface area contributed by atoms with Crippen LogP contribution >= 0.6 is 0 Å². The Bertz CT molecular complexity index is 847. The predicted octanol–water partition coefficient (Wildman–Crippen LogP) is 8.69. The molecule has 2 aromatic carbocycles. The van der Waals surface area contributed by atoms with E-state index in [4.69, 9.17) is 4.12 Å². The summed E-state index contributed by atoms with van der Waals surface area (Å²) in [6, 6.07) is 13.8. The molecule has 0 bridgehead atoms. The maximum Gasteiger partial charge on any atom is 0.179 e. The van der Waals surface area contributed by atoms with Crippen molar-refractivity contribution in [1.29, 1.82) is 0 Å². The van der Waals surface area contributed by atoms with Crippen molar-refractivity contribution in [2.75, 3.05) is 0 Å². The lowest BCUT2D eigenvalue weighted by Crippen LogP contribution is -2.56. The van der Waals surface area contributed by atoms with Crippen LogP contribution in [0.2, 0.25) is 36.3 Å². The fraction of sp³-hybridized carbons (Fsp3) is 0.571. The Morgan fingerprint density at radius 1 is 0.613 bits per heavy atom. The molecular weight excluding hydrogens is 408 g/mol. The lowest BCUT2D eigenvalue weighted by atomic mass is 9.96. The molecule has 0 saturated carbocycles. The maximum atomic E-state index is 7.30. The smallest absolute Gasteiger partial charge is 0.179 e. The van der Waals surface area contributed by atoms with Gasteiger partial charge in [-0.3, -0.25) is 0 Å². The summed E-state index contributed by atoms with van der Waals surface area (Å²) < 4.78 is 7.30. The van der Waals surface area contributed by atoms with Gasteiger partial charge in [-0.2, -0.15) is 0 Å². The molecule has 0 aliphatic carbocycles. The van der Waals surface area contributed by atoms with E-state index in [1.807, 2.05) is 0 Å². The summed E-state index contributed by atoms with van der Waals surface area (Å²) in [4.78, 5) is 0. The van der Waals surface area contributed by atoms with Crippen LogP contribution in [-0.2, 0) is 17.0 Å². The molecule has 0 aliphatic heterocycles. The van der Waals surface area contributed by atoms with E-state index in [0.717, 1.165) is 12.8 Å². The van der Waals surface area contributed by atoms with Gasteiger partial charge in [-0.25, -0.2) is 0 Å². The minimum absolute atomic E-state index is 0.160. The average molecular weight is 455 g/mol. The summed E-state index contributed by atoms with van der Waals surface area (Å²) in [7, 11) is -3.95. The largest absolute Gasteiger partial charge is 0.455 e. The summed E-state index contributed by atoms with van der Waals surface area (Å²) in [6.07, 6.45) is 2.17. The molecule has 0 unspecified atom stereocenters. The fourth-order valence-corrected chi connectivity index (χ4v) is 12.9. The molecule has 0 radical (unpaired) electrons. The van der Waals surface area contributed by atoms with Crippen molar-refractivity contribution in [2.45, 2.75) is 104 Å². The standard InChI is InChI=1S/C28H46OSi2/c1-21-13-15-25(23(3)17-21)19-27(5,6)30(9,10)29-31(11,12)28(7,8)20-26-16-14-22(2)18-24(26)4/h13-18H,19-20H2,1-12H3. The average Bonchev–Trinajstić information content (AvgIpc) is 2.58. The fourth-order valence-electron chi connectivity index (χ4n) is 4.38. The molecule has 0 amide bonds. The van der Waals surface area contributed by atoms with Crippen molar-refractivity contribution in [1.82, 2.24) is 0 Å². The van der Waals surface area contributed by atoms with Gasteiger partial charge in [0, 0.05) is 0 Å².